The fourth-order valence-corrected chi connectivity index (χ4v) is 4.67. The first-order valence-corrected chi connectivity index (χ1v) is 10.6. The standard InChI is InChI=1S/C17H17NO6S3/c1-3-22-13(25)7-6-11-9-12(16-17(15(11)21-2)24-10-23-16)18-27(19,20)14-5-4-8-26-14/h4-9,18H,3,10H2,1-2H3/b7-6+. The van der Waals surface area contributed by atoms with Gasteiger partial charge in [0.1, 0.15) is 4.21 Å². The third kappa shape index (κ3) is 4.18. The van der Waals surface area contributed by atoms with Crippen LogP contribution in [0.3, 0.4) is 0 Å². The smallest absolute Gasteiger partial charge is 0.271 e. The van der Waals surface area contributed by atoms with Gasteiger partial charge in [0.2, 0.25) is 12.5 Å². The number of anilines is 1. The van der Waals surface area contributed by atoms with Crippen molar-refractivity contribution in [3.63, 3.8) is 0 Å². The van der Waals surface area contributed by atoms with E-state index in [0.717, 1.165) is 11.3 Å². The van der Waals surface area contributed by atoms with Crippen LogP contribution in [0.5, 0.6) is 17.2 Å². The van der Waals surface area contributed by atoms with Crippen molar-refractivity contribution in [3.8, 4) is 17.2 Å². The molecule has 0 unspecified atom stereocenters. The molecule has 0 atom stereocenters. The number of hydrogen-bond acceptors (Lipinski definition) is 8. The molecule has 144 valence electrons. The number of methoxy groups -OCH3 is 1. The molecule has 0 spiro atoms. The number of nitrogens with one attached hydrogen (secondary N) is 1. The minimum absolute atomic E-state index is 0.0377. The predicted molar refractivity (Wildman–Crippen MR) is 108 cm³/mol. The van der Waals surface area contributed by atoms with E-state index in [1.54, 1.807) is 29.7 Å². The van der Waals surface area contributed by atoms with Crippen LogP contribution in [0.15, 0.2) is 33.9 Å². The van der Waals surface area contributed by atoms with Gasteiger partial charge in [0.05, 0.1) is 19.4 Å². The molecule has 0 fully saturated rings. The van der Waals surface area contributed by atoms with E-state index in [2.05, 4.69) is 4.72 Å². The van der Waals surface area contributed by atoms with Gasteiger partial charge in [-0.1, -0.05) is 6.07 Å². The molecule has 7 nitrogen and oxygen atoms in total. The fourth-order valence-electron chi connectivity index (χ4n) is 2.43. The Morgan fingerprint density at radius 1 is 1.41 bits per heavy atom. The van der Waals surface area contributed by atoms with E-state index < -0.39 is 10.0 Å². The highest BCUT2D eigenvalue weighted by Crippen LogP contribution is 2.49. The zero-order chi connectivity index (χ0) is 19.4. The summed E-state index contributed by atoms with van der Waals surface area (Å²) in [7, 11) is -2.26. The number of ether oxygens (including phenoxy) is 4. The maximum Gasteiger partial charge on any atom is 0.271 e. The summed E-state index contributed by atoms with van der Waals surface area (Å²) in [5, 5.41) is 1.99. The summed E-state index contributed by atoms with van der Waals surface area (Å²) in [4.78, 5) is 0. The van der Waals surface area contributed by atoms with Gasteiger partial charge >= 0.3 is 0 Å². The summed E-state index contributed by atoms with van der Waals surface area (Å²) in [5.41, 5.74) is 0.811. The van der Waals surface area contributed by atoms with Crippen molar-refractivity contribution >= 4 is 50.4 Å². The van der Waals surface area contributed by atoms with Gasteiger partial charge in [-0.05, 0) is 48.8 Å². The monoisotopic (exact) mass is 427 g/mol. The van der Waals surface area contributed by atoms with E-state index >= 15 is 0 Å². The third-order valence-corrected chi connectivity index (χ3v) is 6.54. The number of benzene rings is 1. The van der Waals surface area contributed by atoms with Crippen LogP contribution >= 0.6 is 23.6 Å². The molecule has 0 saturated carbocycles. The summed E-state index contributed by atoms with van der Waals surface area (Å²) in [6.07, 6.45) is 3.26. The van der Waals surface area contributed by atoms with E-state index in [-0.39, 0.29) is 22.4 Å². The van der Waals surface area contributed by atoms with E-state index in [1.807, 2.05) is 6.92 Å². The molecule has 1 aliphatic heterocycles. The second-order valence-electron chi connectivity index (χ2n) is 5.23. The third-order valence-electron chi connectivity index (χ3n) is 3.52. The molecule has 0 amide bonds. The molecule has 2 aromatic rings. The Kier molecular flexibility index (Phi) is 5.88. The fraction of sp³-hybridized carbons (Fsp3) is 0.235. The molecule has 0 saturated heterocycles. The van der Waals surface area contributed by atoms with Gasteiger partial charge in [-0.25, -0.2) is 8.42 Å². The first-order valence-electron chi connectivity index (χ1n) is 7.88. The largest absolute Gasteiger partial charge is 0.492 e. The van der Waals surface area contributed by atoms with Crippen LogP contribution < -0.4 is 18.9 Å². The van der Waals surface area contributed by atoms with Gasteiger partial charge in [-0.15, -0.1) is 11.3 Å². The van der Waals surface area contributed by atoms with E-state index in [1.165, 1.54) is 13.2 Å². The number of thiophene rings is 1. The second-order valence-corrected chi connectivity index (χ2v) is 8.49. The maximum absolute atomic E-state index is 12.6. The van der Waals surface area contributed by atoms with Crippen molar-refractivity contribution in [1.82, 2.24) is 0 Å². The highest BCUT2D eigenvalue weighted by Gasteiger charge is 2.28. The SMILES string of the molecule is CCOC(=S)/C=C/c1cc(NS(=O)(=O)c2cccs2)c2c(c1OC)OCO2. The normalized spacial score (nSPS) is 13.0. The lowest BCUT2D eigenvalue weighted by Gasteiger charge is -2.14. The van der Waals surface area contributed by atoms with Crippen molar-refractivity contribution < 1.29 is 27.4 Å². The maximum atomic E-state index is 12.6. The van der Waals surface area contributed by atoms with Crippen molar-refractivity contribution in [2.24, 2.45) is 0 Å². The van der Waals surface area contributed by atoms with Crippen molar-refractivity contribution in [3.05, 3.63) is 35.2 Å². The molecular formula is C17H17NO6S3. The molecule has 0 bridgehead atoms. The van der Waals surface area contributed by atoms with Crippen LogP contribution in [0.2, 0.25) is 0 Å². The summed E-state index contributed by atoms with van der Waals surface area (Å²) < 4.78 is 49.5. The average Bonchev–Trinajstić information content (AvgIpc) is 3.32. The van der Waals surface area contributed by atoms with Gasteiger partial charge in [0.15, 0.2) is 16.5 Å². The lowest BCUT2D eigenvalue weighted by atomic mass is 10.1. The first-order chi connectivity index (χ1) is 13.0. The lowest BCUT2D eigenvalue weighted by molar-refractivity contribution is 0.171. The summed E-state index contributed by atoms with van der Waals surface area (Å²) in [6, 6.07) is 4.79. The first kappa shape index (κ1) is 19.5. The number of thiocarbonyl (C=S) groups is 1. The van der Waals surface area contributed by atoms with Crippen LogP contribution in [0.4, 0.5) is 5.69 Å². The summed E-state index contributed by atoms with van der Waals surface area (Å²) in [6.45, 7) is 2.25. The molecule has 2 heterocycles. The van der Waals surface area contributed by atoms with E-state index in [0.29, 0.717) is 28.7 Å². The van der Waals surface area contributed by atoms with Crippen LogP contribution in [-0.2, 0) is 14.8 Å². The minimum Gasteiger partial charge on any atom is -0.492 e. The number of fused-ring (bicyclic) bond motifs is 1. The Morgan fingerprint density at radius 3 is 2.85 bits per heavy atom. The van der Waals surface area contributed by atoms with Crippen LogP contribution in [0, 0.1) is 0 Å². The molecule has 0 radical (unpaired) electrons. The van der Waals surface area contributed by atoms with Crippen molar-refractivity contribution in [2.75, 3.05) is 25.2 Å². The Hall–Kier alpha value is -2.30. The molecule has 1 aromatic carbocycles. The quantitative estimate of drug-likeness (QED) is 0.533. The molecule has 1 aliphatic rings. The lowest BCUT2D eigenvalue weighted by Crippen LogP contribution is -2.12. The molecule has 10 heteroatoms. The molecular weight excluding hydrogens is 410 g/mol. The molecule has 1 aromatic heterocycles. The highest BCUT2D eigenvalue weighted by molar-refractivity contribution is 7.94. The van der Waals surface area contributed by atoms with Gasteiger partial charge < -0.3 is 18.9 Å². The minimum atomic E-state index is -3.75. The number of sulfonamides is 1. The molecule has 1 N–H and O–H groups in total. The van der Waals surface area contributed by atoms with Crippen molar-refractivity contribution in [2.45, 2.75) is 11.1 Å². The van der Waals surface area contributed by atoms with Crippen molar-refractivity contribution in [1.29, 1.82) is 0 Å². The van der Waals surface area contributed by atoms with E-state index in [4.69, 9.17) is 31.2 Å². The van der Waals surface area contributed by atoms with Gasteiger partial charge in [0.25, 0.3) is 10.0 Å². The number of rotatable bonds is 7. The van der Waals surface area contributed by atoms with Gasteiger partial charge in [-0.2, -0.15) is 0 Å². The topological polar surface area (TPSA) is 83.1 Å². The zero-order valence-electron chi connectivity index (χ0n) is 14.6. The summed E-state index contributed by atoms with van der Waals surface area (Å²) >= 11 is 6.21. The van der Waals surface area contributed by atoms with Crippen LogP contribution in [-0.4, -0.2) is 34.0 Å². The average molecular weight is 428 g/mol. The second kappa shape index (κ2) is 8.15. The van der Waals surface area contributed by atoms with E-state index in [9.17, 15) is 8.42 Å². The van der Waals surface area contributed by atoms with Crippen LogP contribution in [0.25, 0.3) is 6.08 Å². The van der Waals surface area contributed by atoms with Gasteiger partial charge in [-0.3, -0.25) is 4.72 Å². The highest BCUT2D eigenvalue weighted by atomic mass is 32.2. The summed E-state index contributed by atoms with van der Waals surface area (Å²) in [5.74, 6) is 1.01. The zero-order valence-corrected chi connectivity index (χ0v) is 17.0. The Balaban J connectivity index is 2.03. The molecule has 27 heavy (non-hydrogen) atoms. The molecule has 0 aliphatic carbocycles. The Labute approximate surface area is 166 Å². The Bertz CT molecular complexity index is 967. The number of hydrogen-bond donors (Lipinski definition) is 1. The predicted octanol–water partition coefficient (Wildman–Crippen LogP) is 3.66. The Morgan fingerprint density at radius 2 is 2.19 bits per heavy atom. The van der Waals surface area contributed by atoms with Crippen LogP contribution in [0.1, 0.15) is 12.5 Å². The molecule has 3 rings (SSSR count). The van der Waals surface area contributed by atoms with Gasteiger partial charge in [0, 0.05) is 5.56 Å².